The molecule has 0 bridgehead atoms. The van der Waals surface area contributed by atoms with Gasteiger partial charge in [-0.05, 0) is 69.0 Å². The van der Waals surface area contributed by atoms with E-state index in [-0.39, 0.29) is 17.2 Å². The number of nitrogens with one attached hydrogen (secondary N) is 1. The van der Waals surface area contributed by atoms with E-state index >= 15 is 0 Å². The fourth-order valence-corrected chi connectivity index (χ4v) is 3.65. The van der Waals surface area contributed by atoms with E-state index in [1.165, 1.54) is 19.1 Å². The van der Waals surface area contributed by atoms with Crippen LogP contribution in [-0.2, 0) is 22.4 Å². The van der Waals surface area contributed by atoms with Crippen molar-refractivity contribution in [3.8, 4) is 5.69 Å². The number of rotatable bonds is 5. The molecule has 1 unspecified atom stereocenters. The third-order valence-corrected chi connectivity index (χ3v) is 5.29. The Kier molecular flexibility index (Phi) is 5.98. The standard InChI is InChI=1S/C23H20F3N3O3/c1-13(22(30)27-19-11-8-15(25)12-18(19)26)32-23(31)21-17-4-2-3-5-20(17)29(28-21)16-9-6-14(24)7-10-16/h6-13H,2-5H2,1H3,(H,27,30). The molecule has 1 N–H and O–H groups in total. The number of halogens is 3. The minimum Gasteiger partial charge on any atom is -0.448 e. The number of esters is 1. The predicted octanol–water partition coefficient (Wildman–Crippen LogP) is 4.35. The lowest BCUT2D eigenvalue weighted by Gasteiger charge is -2.15. The third kappa shape index (κ3) is 4.37. The lowest BCUT2D eigenvalue weighted by atomic mass is 9.95. The van der Waals surface area contributed by atoms with E-state index in [9.17, 15) is 22.8 Å². The van der Waals surface area contributed by atoms with Gasteiger partial charge in [0.15, 0.2) is 11.8 Å². The molecule has 1 aliphatic rings. The molecule has 0 spiro atoms. The summed E-state index contributed by atoms with van der Waals surface area (Å²) in [4.78, 5) is 25.2. The zero-order chi connectivity index (χ0) is 22.8. The van der Waals surface area contributed by atoms with E-state index in [2.05, 4.69) is 10.4 Å². The number of hydrogen-bond acceptors (Lipinski definition) is 4. The fourth-order valence-electron chi connectivity index (χ4n) is 3.65. The van der Waals surface area contributed by atoms with Gasteiger partial charge in [-0.1, -0.05) is 0 Å². The molecule has 2 aromatic carbocycles. The lowest BCUT2D eigenvalue weighted by Crippen LogP contribution is -2.30. The largest absolute Gasteiger partial charge is 0.448 e. The molecule has 9 heteroatoms. The maximum absolute atomic E-state index is 13.8. The highest BCUT2D eigenvalue weighted by atomic mass is 19.1. The van der Waals surface area contributed by atoms with Crippen LogP contribution in [0.5, 0.6) is 0 Å². The van der Waals surface area contributed by atoms with Gasteiger partial charge in [-0.2, -0.15) is 5.10 Å². The van der Waals surface area contributed by atoms with Gasteiger partial charge in [0.25, 0.3) is 5.91 Å². The first-order valence-corrected chi connectivity index (χ1v) is 10.2. The molecule has 3 aromatic rings. The maximum atomic E-state index is 13.8. The van der Waals surface area contributed by atoms with Crippen LogP contribution in [-0.4, -0.2) is 27.8 Å². The van der Waals surface area contributed by atoms with Crippen molar-refractivity contribution >= 4 is 17.6 Å². The number of fused-ring (bicyclic) bond motifs is 1. The summed E-state index contributed by atoms with van der Waals surface area (Å²) >= 11 is 0. The molecule has 1 aromatic heterocycles. The van der Waals surface area contributed by atoms with Crippen molar-refractivity contribution in [1.82, 2.24) is 9.78 Å². The van der Waals surface area contributed by atoms with Crippen molar-refractivity contribution in [2.75, 3.05) is 5.32 Å². The molecule has 4 rings (SSSR count). The molecule has 0 fully saturated rings. The molecule has 1 amide bonds. The maximum Gasteiger partial charge on any atom is 0.359 e. The molecule has 1 heterocycles. The summed E-state index contributed by atoms with van der Waals surface area (Å²) < 4.78 is 47.0. The highest BCUT2D eigenvalue weighted by molar-refractivity contribution is 5.97. The summed E-state index contributed by atoms with van der Waals surface area (Å²) in [7, 11) is 0. The van der Waals surface area contributed by atoms with Gasteiger partial charge in [-0.25, -0.2) is 22.6 Å². The topological polar surface area (TPSA) is 73.2 Å². The number of amides is 1. The average molecular weight is 443 g/mol. The van der Waals surface area contributed by atoms with Gasteiger partial charge in [-0.3, -0.25) is 4.79 Å². The van der Waals surface area contributed by atoms with Crippen LogP contribution in [0.2, 0.25) is 0 Å². The van der Waals surface area contributed by atoms with Gasteiger partial charge in [0, 0.05) is 17.3 Å². The highest BCUT2D eigenvalue weighted by Crippen LogP contribution is 2.28. The summed E-state index contributed by atoms with van der Waals surface area (Å²) in [6.45, 7) is 1.35. The predicted molar refractivity (Wildman–Crippen MR) is 110 cm³/mol. The van der Waals surface area contributed by atoms with Crippen molar-refractivity contribution in [3.05, 3.63) is 76.9 Å². The number of carbonyl (C=O) groups is 2. The second-order valence-electron chi connectivity index (χ2n) is 7.53. The van der Waals surface area contributed by atoms with Gasteiger partial charge in [0.1, 0.15) is 17.5 Å². The zero-order valence-electron chi connectivity index (χ0n) is 17.2. The average Bonchev–Trinajstić information content (AvgIpc) is 3.16. The smallest absolute Gasteiger partial charge is 0.359 e. The Hall–Kier alpha value is -3.62. The molecule has 0 saturated carbocycles. The Labute approximate surface area is 182 Å². The SMILES string of the molecule is CC(OC(=O)c1nn(-c2ccc(F)cc2)c2c1CCCC2)C(=O)Nc1ccc(F)cc1F. The van der Waals surface area contributed by atoms with Gasteiger partial charge >= 0.3 is 5.97 Å². The van der Waals surface area contributed by atoms with Crippen LogP contribution < -0.4 is 5.32 Å². The van der Waals surface area contributed by atoms with Crippen molar-refractivity contribution in [3.63, 3.8) is 0 Å². The number of carbonyl (C=O) groups excluding carboxylic acids is 2. The van der Waals surface area contributed by atoms with Gasteiger partial charge in [0.2, 0.25) is 0 Å². The molecule has 1 atom stereocenters. The van der Waals surface area contributed by atoms with Crippen molar-refractivity contribution in [2.45, 2.75) is 38.7 Å². The van der Waals surface area contributed by atoms with Crippen LogP contribution in [0.4, 0.5) is 18.9 Å². The molecule has 0 aliphatic heterocycles. The van der Waals surface area contributed by atoms with Crippen molar-refractivity contribution < 1.29 is 27.5 Å². The minimum absolute atomic E-state index is 0.0941. The molecule has 0 saturated heterocycles. The molecular formula is C23H20F3N3O3. The number of anilines is 1. The van der Waals surface area contributed by atoms with Gasteiger partial charge in [0.05, 0.1) is 11.4 Å². The van der Waals surface area contributed by atoms with E-state index in [0.29, 0.717) is 24.6 Å². The van der Waals surface area contributed by atoms with E-state index in [0.717, 1.165) is 36.2 Å². The first kappa shape index (κ1) is 21.6. The molecule has 1 aliphatic carbocycles. The number of nitrogens with zero attached hydrogens (tertiary/aromatic N) is 2. The van der Waals surface area contributed by atoms with Crippen molar-refractivity contribution in [2.24, 2.45) is 0 Å². The Morgan fingerprint density at radius 1 is 1.03 bits per heavy atom. The normalized spacial score (nSPS) is 13.9. The molecule has 6 nitrogen and oxygen atoms in total. The minimum atomic E-state index is -1.25. The lowest BCUT2D eigenvalue weighted by molar-refractivity contribution is -0.123. The Morgan fingerprint density at radius 2 is 1.72 bits per heavy atom. The quantitative estimate of drug-likeness (QED) is 0.595. The Bertz CT molecular complexity index is 1180. The molecule has 0 radical (unpaired) electrons. The summed E-state index contributed by atoms with van der Waals surface area (Å²) in [5.74, 6) is -3.65. The van der Waals surface area contributed by atoms with E-state index in [4.69, 9.17) is 4.74 Å². The Morgan fingerprint density at radius 3 is 2.44 bits per heavy atom. The summed E-state index contributed by atoms with van der Waals surface area (Å²) in [5, 5.41) is 6.67. The van der Waals surface area contributed by atoms with E-state index in [1.54, 1.807) is 16.8 Å². The number of hydrogen-bond donors (Lipinski definition) is 1. The summed E-state index contributed by atoms with van der Waals surface area (Å²) in [6, 6.07) is 8.48. The van der Waals surface area contributed by atoms with Crippen LogP contribution >= 0.6 is 0 Å². The highest BCUT2D eigenvalue weighted by Gasteiger charge is 2.29. The number of aromatic nitrogens is 2. The van der Waals surface area contributed by atoms with Gasteiger partial charge < -0.3 is 10.1 Å². The second-order valence-corrected chi connectivity index (χ2v) is 7.53. The molecule has 32 heavy (non-hydrogen) atoms. The zero-order valence-corrected chi connectivity index (χ0v) is 17.2. The van der Waals surface area contributed by atoms with Gasteiger partial charge in [-0.15, -0.1) is 0 Å². The fraction of sp³-hybridized carbons (Fsp3) is 0.261. The molecule has 166 valence electrons. The third-order valence-electron chi connectivity index (χ3n) is 5.29. The second kappa shape index (κ2) is 8.86. The first-order chi connectivity index (χ1) is 15.3. The number of ether oxygens (including phenoxy) is 1. The summed E-state index contributed by atoms with van der Waals surface area (Å²) in [5.41, 5.74) is 2.07. The summed E-state index contributed by atoms with van der Waals surface area (Å²) in [6.07, 6.45) is 1.88. The van der Waals surface area contributed by atoms with Crippen LogP contribution in [0, 0.1) is 17.5 Å². The monoisotopic (exact) mass is 443 g/mol. The Balaban J connectivity index is 1.54. The van der Waals surface area contributed by atoms with E-state index < -0.39 is 29.6 Å². The molecular weight excluding hydrogens is 423 g/mol. The van der Waals surface area contributed by atoms with Crippen LogP contribution in [0.3, 0.4) is 0 Å². The number of benzene rings is 2. The van der Waals surface area contributed by atoms with E-state index in [1.807, 2.05) is 0 Å². The van der Waals surface area contributed by atoms with Crippen LogP contribution in [0.1, 0.15) is 41.5 Å². The first-order valence-electron chi connectivity index (χ1n) is 10.2. The van der Waals surface area contributed by atoms with Crippen molar-refractivity contribution in [1.29, 1.82) is 0 Å². The van der Waals surface area contributed by atoms with Crippen LogP contribution in [0.15, 0.2) is 42.5 Å². The van der Waals surface area contributed by atoms with Crippen LogP contribution in [0.25, 0.3) is 5.69 Å².